The van der Waals surface area contributed by atoms with Crippen molar-refractivity contribution in [1.82, 2.24) is 0 Å². The molecule has 0 saturated carbocycles. The van der Waals surface area contributed by atoms with Crippen LogP contribution in [0, 0.1) is 5.82 Å². The molecule has 1 unspecified atom stereocenters. The Labute approximate surface area is 106 Å². The second kappa shape index (κ2) is 6.22. The number of halogens is 2. The molecule has 1 aromatic carbocycles. The number of alkyl halides is 1. The van der Waals surface area contributed by atoms with Crippen molar-refractivity contribution in [2.45, 2.75) is 31.2 Å². The molecule has 0 amide bonds. The molecule has 0 radical (unpaired) electrons. The molecule has 1 fully saturated rings. The predicted molar refractivity (Wildman–Crippen MR) is 65.0 cm³/mol. The molecule has 4 heteroatoms. The van der Waals surface area contributed by atoms with E-state index >= 15 is 0 Å². The van der Waals surface area contributed by atoms with E-state index in [-0.39, 0.29) is 23.6 Å². The average Bonchev–Trinajstić information content (AvgIpc) is 2.38. The van der Waals surface area contributed by atoms with Gasteiger partial charge in [0.05, 0.1) is 12.0 Å². The number of hydrogen-bond acceptors (Lipinski definition) is 2. The highest BCUT2D eigenvalue weighted by molar-refractivity contribution is 6.17. The summed E-state index contributed by atoms with van der Waals surface area (Å²) in [6.07, 6.45) is 3.30. The quantitative estimate of drug-likeness (QED) is 0.770. The van der Waals surface area contributed by atoms with Crippen molar-refractivity contribution in [2.24, 2.45) is 0 Å². The number of rotatable bonds is 4. The van der Waals surface area contributed by atoms with Crippen molar-refractivity contribution in [3.63, 3.8) is 0 Å². The van der Waals surface area contributed by atoms with Crippen molar-refractivity contribution in [3.05, 3.63) is 29.6 Å². The van der Waals surface area contributed by atoms with Gasteiger partial charge in [0, 0.05) is 12.2 Å². The highest BCUT2D eigenvalue weighted by atomic mass is 35.5. The molecule has 0 aromatic heterocycles. The molecule has 2 nitrogen and oxygen atoms in total. The Morgan fingerprint density at radius 1 is 1.41 bits per heavy atom. The van der Waals surface area contributed by atoms with Crippen LogP contribution in [-0.4, -0.2) is 19.3 Å². The fourth-order valence-corrected chi connectivity index (χ4v) is 2.15. The van der Waals surface area contributed by atoms with Crippen LogP contribution in [-0.2, 0) is 10.6 Å². The van der Waals surface area contributed by atoms with Crippen molar-refractivity contribution >= 4 is 11.6 Å². The molecule has 1 heterocycles. The molecule has 94 valence electrons. The fraction of sp³-hybridized carbons (Fsp3) is 0.538. The highest BCUT2D eigenvalue weighted by Gasteiger charge is 2.16. The second-order valence-electron chi connectivity index (χ2n) is 4.16. The van der Waals surface area contributed by atoms with Gasteiger partial charge in [-0.1, -0.05) is 12.1 Å². The van der Waals surface area contributed by atoms with E-state index in [4.69, 9.17) is 21.1 Å². The Kier molecular flexibility index (Phi) is 4.63. The number of benzene rings is 1. The van der Waals surface area contributed by atoms with Crippen molar-refractivity contribution < 1.29 is 13.9 Å². The van der Waals surface area contributed by atoms with E-state index in [1.807, 2.05) is 0 Å². The summed E-state index contributed by atoms with van der Waals surface area (Å²) in [5.74, 6) is 0.147. The van der Waals surface area contributed by atoms with Gasteiger partial charge in [0.1, 0.15) is 6.61 Å². The summed E-state index contributed by atoms with van der Waals surface area (Å²) in [6.45, 7) is 1.17. The zero-order valence-corrected chi connectivity index (χ0v) is 10.4. The van der Waals surface area contributed by atoms with Crippen LogP contribution < -0.4 is 4.74 Å². The van der Waals surface area contributed by atoms with Crippen LogP contribution in [0.25, 0.3) is 0 Å². The van der Waals surface area contributed by atoms with Crippen LogP contribution in [0.1, 0.15) is 24.8 Å². The summed E-state index contributed by atoms with van der Waals surface area (Å²) in [5.41, 5.74) is 0.683. The Balaban J connectivity index is 1.97. The molecule has 1 aliphatic heterocycles. The Hall–Kier alpha value is -0.800. The summed E-state index contributed by atoms with van der Waals surface area (Å²) < 4.78 is 24.6. The largest absolute Gasteiger partial charge is 0.487 e. The number of ether oxygens (including phenoxy) is 2. The first-order chi connectivity index (χ1) is 8.31. The second-order valence-corrected chi connectivity index (χ2v) is 4.43. The maximum absolute atomic E-state index is 13.6. The summed E-state index contributed by atoms with van der Waals surface area (Å²) in [5, 5.41) is 0. The minimum absolute atomic E-state index is 0.0755. The molecule has 0 bridgehead atoms. The van der Waals surface area contributed by atoms with E-state index in [0.717, 1.165) is 25.9 Å². The third-order valence-electron chi connectivity index (χ3n) is 2.88. The summed E-state index contributed by atoms with van der Waals surface area (Å²) >= 11 is 5.75. The average molecular weight is 259 g/mol. The van der Waals surface area contributed by atoms with Gasteiger partial charge in [-0.05, 0) is 25.3 Å². The molecule has 1 aromatic rings. The van der Waals surface area contributed by atoms with Crippen LogP contribution in [0.5, 0.6) is 5.75 Å². The Bertz CT molecular complexity index is 364. The number of hydrogen-bond donors (Lipinski definition) is 0. The molecule has 0 N–H and O–H groups in total. The standard InChI is InChI=1S/C13H16ClFO2/c14-8-10-4-3-6-12(15)13(10)17-9-11-5-1-2-7-16-11/h3-4,6,11H,1-2,5,7-9H2. The summed E-state index contributed by atoms with van der Waals surface area (Å²) in [4.78, 5) is 0. The van der Waals surface area contributed by atoms with Crippen LogP contribution in [0.15, 0.2) is 18.2 Å². The molecule has 17 heavy (non-hydrogen) atoms. The molecule has 0 aliphatic carbocycles. The fourth-order valence-electron chi connectivity index (χ4n) is 1.94. The van der Waals surface area contributed by atoms with Crippen molar-refractivity contribution in [3.8, 4) is 5.75 Å². The van der Waals surface area contributed by atoms with Gasteiger partial charge < -0.3 is 9.47 Å². The minimum Gasteiger partial charge on any atom is -0.487 e. The molecule has 1 atom stereocenters. The lowest BCUT2D eigenvalue weighted by Gasteiger charge is -2.23. The van der Waals surface area contributed by atoms with Gasteiger partial charge >= 0.3 is 0 Å². The zero-order chi connectivity index (χ0) is 12.1. The maximum Gasteiger partial charge on any atom is 0.165 e. The first-order valence-electron chi connectivity index (χ1n) is 5.89. The van der Waals surface area contributed by atoms with Crippen LogP contribution in [0.4, 0.5) is 4.39 Å². The van der Waals surface area contributed by atoms with Crippen molar-refractivity contribution in [1.29, 1.82) is 0 Å². The van der Waals surface area contributed by atoms with Crippen molar-refractivity contribution in [2.75, 3.05) is 13.2 Å². The van der Waals surface area contributed by atoms with Gasteiger partial charge in [-0.25, -0.2) is 4.39 Å². The lowest BCUT2D eigenvalue weighted by molar-refractivity contribution is -0.0118. The van der Waals surface area contributed by atoms with Crippen LogP contribution in [0.2, 0.25) is 0 Å². The van der Waals surface area contributed by atoms with Crippen LogP contribution in [0.3, 0.4) is 0 Å². The third kappa shape index (κ3) is 3.33. The highest BCUT2D eigenvalue weighted by Crippen LogP contribution is 2.25. The van der Waals surface area contributed by atoms with E-state index in [9.17, 15) is 4.39 Å². The monoisotopic (exact) mass is 258 g/mol. The summed E-state index contributed by atoms with van der Waals surface area (Å²) in [7, 11) is 0. The SMILES string of the molecule is Fc1cccc(CCl)c1OCC1CCCCO1. The van der Waals surface area contributed by atoms with Gasteiger partial charge in [0.15, 0.2) is 11.6 Å². The smallest absolute Gasteiger partial charge is 0.165 e. The van der Waals surface area contributed by atoms with Gasteiger partial charge in [0.25, 0.3) is 0 Å². The lowest BCUT2D eigenvalue weighted by atomic mass is 10.1. The van der Waals surface area contributed by atoms with Gasteiger partial charge in [0.2, 0.25) is 0 Å². The Morgan fingerprint density at radius 2 is 2.29 bits per heavy atom. The summed E-state index contributed by atoms with van der Waals surface area (Å²) in [6, 6.07) is 4.79. The normalized spacial score (nSPS) is 20.2. The molecule has 0 spiro atoms. The topological polar surface area (TPSA) is 18.5 Å². The zero-order valence-electron chi connectivity index (χ0n) is 9.62. The predicted octanol–water partition coefficient (Wildman–Crippen LogP) is 3.51. The molecule has 1 saturated heterocycles. The van der Waals surface area contributed by atoms with Crippen LogP contribution >= 0.6 is 11.6 Å². The molecular formula is C13H16ClFO2. The Morgan fingerprint density at radius 3 is 3.00 bits per heavy atom. The van der Waals surface area contributed by atoms with E-state index in [1.54, 1.807) is 12.1 Å². The van der Waals surface area contributed by atoms with E-state index < -0.39 is 0 Å². The maximum atomic E-state index is 13.6. The minimum atomic E-state index is -0.362. The number of para-hydroxylation sites is 1. The molecular weight excluding hydrogens is 243 g/mol. The van der Waals surface area contributed by atoms with Gasteiger partial charge in [-0.3, -0.25) is 0 Å². The first kappa shape index (κ1) is 12.7. The lowest BCUT2D eigenvalue weighted by Crippen LogP contribution is -2.26. The van der Waals surface area contributed by atoms with Gasteiger partial charge in [-0.15, -0.1) is 11.6 Å². The van der Waals surface area contributed by atoms with Gasteiger partial charge in [-0.2, -0.15) is 0 Å². The van der Waals surface area contributed by atoms with E-state index in [2.05, 4.69) is 0 Å². The first-order valence-corrected chi connectivity index (χ1v) is 6.42. The van der Waals surface area contributed by atoms with E-state index in [1.165, 1.54) is 6.07 Å². The van der Waals surface area contributed by atoms with E-state index in [0.29, 0.717) is 12.2 Å². The molecule has 2 rings (SSSR count). The third-order valence-corrected chi connectivity index (χ3v) is 3.17. The molecule has 1 aliphatic rings.